The Balaban J connectivity index is 1.27. The predicted molar refractivity (Wildman–Crippen MR) is 121 cm³/mol. The first-order valence-electron chi connectivity index (χ1n) is 11.7. The van der Waals surface area contributed by atoms with E-state index in [1.165, 1.54) is 0 Å². The molecule has 10 nitrogen and oxygen atoms in total. The van der Waals surface area contributed by atoms with Crippen LogP contribution in [0.1, 0.15) is 43.7 Å². The van der Waals surface area contributed by atoms with Crippen molar-refractivity contribution in [2.24, 2.45) is 0 Å². The number of anilines is 2. The lowest BCUT2D eigenvalue weighted by Crippen LogP contribution is -2.47. The number of carbonyl (C=O) groups excluding carboxylic acids is 1. The molecule has 202 valence electrons. The van der Waals surface area contributed by atoms with E-state index < -0.39 is 41.6 Å². The van der Waals surface area contributed by atoms with Crippen LogP contribution >= 0.6 is 0 Å². The highest BCUT2D eigenvalue weighted by molar-refractivity contribution is 5.83. The second-order valence-corrected chi connectivity index (χ2v) is 9.01. The summed E-state index contributed by atoms with van der Waals surface area (Å²) >= 11 is 0. The molecule has 2 aromatic heterocycles. The molecule has 2 fully saturated rings. The van der Waals surface area contributed by atoms with Crippen molar-refractivity contribution < 1.29 is 31.5 Å². The zero-order valence-electron chi connectivity index (χ0n) is 19.8. The van der Waals surface area contributed by atoms with Gasteiger partial charge in [0.2, 0.25) is 5.95 Å². The highest BCUT2D eigenvalue weighted by Crippen LogP contribution is 2.32. The highest BCUT2D eigenvalue weighted by Gasteiger charge is 2.39. The summed E-state index contributed by atoms with van der Waals surface area (Å²) in [6, 6.07) is -0.657. The van der Waals surface area contributed by atoms with Crippen LogP contribution in [0, 0.1) is 0 Å². The maximum atomic E-state index is 13.2. The minimum Gasteiger partial charge on any atom is -0.378 e. The molecule has 4 rings (SSSR count). The third-order valence-corrected chi connectivity index (χ3v) is 6.38. The average molecular weight is 531 g/mol. The molecule has 2 saturated heterocycles. The summed E-state index contributed by atoms with van der Waals surface area (Å²) in [5.74, 6) is 0.180. The van der Waals surface area contributed by atoms with Crippen molar-refractivity contribution in [3.63, 3.8) is 0 Å². The number of likely N-dealkylation sites (tertiary alicyclic amines) is 1. The second-order valence-electron chi connectivity index (χ2n) is 9.01. The van der Waals surface area contributed by atoms with Crippen LogP contribution in [-0.2, 0) is 15.7 Å². The molecule has 4 heterocycles. The first-order chi connectivity index (χ1) is 17.5. The fraction of sp³-hybridized carbons (Fsp3) is 0.591. The summed E-state index contributed by atoms with van der Waals surface area (Å²) in [6.45, 7) is 3.12. The number of rotatable bonds is 8. The molecule has 2 unspecified atom stereocenters. The topological polar surface area (TPSA) is 116 Å². The molecule has 2 atom stereocenters. The van der Waals surface area contributed by atoms with Crippen LogP contribution in [0.2, 0.25) is 0 Å². The Morgan fingerprint density at radius 1 is 1.11 bits per heavy atom. The number of ether oxygens (including phenoxy) is 1. The van der Waals surface area contributed by atoms with Gasteiger partial charge in [0.1, 0.15) is 11.7 Å². The maximum absolute atomic E-state index is 13.2. The number of H-pyrrole nitrogens is 1. The van der Waals surface area contributed by atoms with Crippen LogP contribution in [0.3, 0.4) is 0 Å². The quantitative estimate of drug-likeness (QED) is 0.500. The van der Waals surface area contributed by atoms with E-state index in [9.17, 15) is 31.5 Å². The molecule has 0 saturated carbocycles. The summed E-state index contributed by atoms with van der Waals surface area (Å²) in [5.41, 5.74) is -3.44. The van der Waals surface area contributed by atoms with Gasteiger partial charge in [0.15, 0.2) is 0 Å². The van der Waals surface area contributed by atoms with Gasteiger partial charge in [-0.3, -0.25) is 9.59 Å². The molecule has 1 amide bonds. The van der Waals surface area contributed by atoms with Gasteiger partial charge in [0, 0.05) is 50.5 Å². The number of carbonyl (C=O) groups is 1. The number of halogens is 5. The first-order valence-corrected chi connectivity index (χ1v) is 11.7. The van der Waals surface area contributed by atoms with Gasteiger partial charge in [0.25, 0.3) is 17.9 Å². The summed E-state index contributed by atoms with van der Waals surface area (Å²) in [6.07, 6.45) is -3.37. The van der Waals surface area contributed by atoms with Crippen molar-refractivity contribution in [2.75, 3.05) is 36.5 Å². The Kier molecular flexibility index (Phi) is 7.90. The van der Waals surface area contributed by atoms with Gasteiger partial charge in [-0.05, 0) is 19.8 Å². The fourth-order valence-electron chi connectivity index (χ4n) is 4.53. The molecular formula is C22H26F5N7O3. The Bertz CT molecular complexity index is 1140. The highest BCUT2D eigenvalue weighted by atomic mass is 19.4. The van der Waals surface area contributed by atoms with Crippen LogP contribution in [0.4, 0.5) is 33.6 Å². The Morgan fingerprint density at radius 3 is 2.41 bits per heavy atom. The molecule has 2 N–H and O–H groups in total. The molecule has 2 aromatic rings. The smallest absolute Gasteiger partial charge is 0.378 e. The fourth-order valence-corrected chi connectivity index (χ4v) is 4.53. The average Bonchev–Trinajstić information content (AvgIpc) is 3.22. The van der Waals surface area contributed by atoms with Crippen molar-refractivity contribution in [1.29, 1.82) is 0 Å². The molecule has 0 spiro atoms. The normalized spacial score (nSPS) is 20.1. The van der Waals surface area contributed by atoms with Crippen LogP contribution in [0.25, 0.3) is 0 Å². The van der Waals surface area contributed by atoms with E-state index in [0.717, 1.165) is 18.6 Å². The monoisotopic (exact) mass is 531 g/mol. The zero-order chi connectivity index (χ0) is 26.7. The van der Waals surface area contributed by atoms with Crippen LogP contribution < -0.4 is 15.8 Å². The minimum absolute atomic E-state index is 0.0234. The van der Waals surface area contributed by atoms with Gasteiger partial charge in [-0.25, -0.2) is 23.8 Å². The zero-order valence-corrected chi connectivity index (χ0v) is 19.8. The summed E-state index contributed by atoms with van der Waals surface area (Å²) < 4.78 is 70.8. The van der Waals surface area contributed by atoms with Crippen LogP contribution in [0.5, 0.6) is 0 Å². The van der Waals surface area contributed by atoms with Crippen molar-refractivity contribution in [3.8, 4) is 0 Å². The van der Waals surface area contributed by atoms with Gasteiger partial charge in [-0.2, -0.15) is 18.3 Å². The second kappa shape index (κ2) is 10.9. The Morgan fingerprint density at radius 2 is 1.78 bits per heavy atom. The Hall–Kier alpha value is -3.36. The number of alkyl halides is 5. The minimum atomic E-state index is -4.86. The van der Waals surface area contributed by atoms with E-state index in [1.54, 1.807) is 16.9 Å². The molecule has 0 bridgehead atoms. The lowest BCUT2D eigenvalue weighted by Gasteiger charge is -2.36. The summed E-state index contributed by atoms with van der Waals surface area (Å²) in [7, 11) is 0. The third-order valence-electron chi connectivity index (χ3n) is 6.38. The number of amides is 1. The SMILES string of the molecule is CC(COC1CCN(C2CCN(c3ncc(C(F)F)cn3)CC2)C1=O)Nc1cn[nH]c(=O)c1C(F)(F)F. The van der Waals surface area contributed by atoms with Crippen molar-refractivity contribution in [2.45, 2.75) is 57.0 Å². The standard InChI is InChI=1S/C22H26F5N7O3/c1-12(31-15-10-30-32-19(35)17(15)22(25,26)27)11-37-16-4-7-34(20(16)36)14-2-5-33(6-3-14)21-28-8-13(9-29-21)18(23)24/h8-10,12,14,16,18H,2-7,11H2,1H3,(H2,31,32,35). The van der Waals surface area contributed by atoms with E-state index in [-0.39, 0.29) is 24.1 Å². The van der Waals surface area contributed by atoms with Crippen LogP contribution in [-0.4, -0.2) is 75.4 Å². The van der Waals surface area contributed by atoms with Crippen molar-refractivity contribution in [3.05, 3.63) is 40.1 Å². The molecule has 0 radical (unpaired) electrons. The molecule has 15 heteroatoms. The number of hydrogen-bond donors (Lipinski definition) is 2. The van der Waals surface area contributed by atoms with E-state index in [1.807, 2.05) is 4.90 Å². The van der Waals surface area contributed by atoms with Crippen molar-refractivity contribution >= 4 is 17.5 Å². The van der Waals surface area contributed by atoms with E-state index in [4.69, 9.17) is 4.74 Å². The van der Waals surface area contributed by atoms with E-state index in [2.05, 4.69) is 20.4 Å². The molecule has 2 aliphatic rings. The van der Waals surface area contributed by atoms with E-state index in [0.29, 0.717) is 44.8 Å². The molecule has 0 aromatic carbocycles. The van der Waals surface area contributed by atoms with Gasteiger partial charge >= 0.3 is 6.18 Å². The number of hydrogen-bond acceptors (Lipinski definition) is 8. The number of aromatic amines is 1. The number of aromatic nitrogens is 4. The lowest BCUT2D eigenvalue weighted by atomic mass is 10.0. The predicted octanol–water partition coefficient (Wildman–Crippen LogP) is 2.60. The van der Waals surface area contributed by atoms with Gasteiger partial charge in [-0.15, -0.1) is 0 Å². The van der Waals surface area contributed by atoms with Crippen LogP contribution in [0.15, 0.2) is 23.4 Å². The molecule has 2 aliphatic heterocycles. The number of nitrogens with zero attached hydrogens (tertiary/aromatic N) is 5. The van der Waals surface area contributed by atoms with E-state index >= 15 is 0 Å². The largest absolute Gasteiger partial charge is 0.423 e. The lowest BCUT2D eigenvalue weighted by molar-refractivity contribution is -0.139. The molecule has 37 heavy (non-hydrogen) atoms. The summed E-state index contributed by atoms with van der Waals surface area (Å²) in [4.78, 5) is 36.2. The molecular weight excluding hydrogens is 505 g/mol. The number of piperidine rings is 1. The summed E-state index contributed by atoms with van der Waals surface area (Å²) in [5, 5.41) is 7.78. The maximum Gasteiger partial charge on any atom is 0.423 e. The van der Waals surface area contributed by atoms with Crippen molar-refractivity contribution in [1.82, 2.24) is 25.1 Å². The van der Waals surface area contributed by atoms with Gasteiger partial charge < -0.3 is 19.9 Å². The Labute approximate surface area is 208 Å². The van der Waals surface area contributed by atoms with Gasteiger partial charge in [0.05, 0.1) is 24.1 Å². The van der Waals surface area contributed by atoms with Gasteiger partial charge in [-0.1, -0.05) is 0 Å². The number of nitrogens with one attached hydrogen (secondary N) is 2. The molecule has 0 aliphatic carbocycles. The third kappa shape index (κ3) is 6.14. The first kappa shape index (κ1) is 26.7.